The summed E-state index contributed by atoms with van der Waals surface area (Å²) in [6.45, 7) is 0. The number of carbonyl (C=O) groups is 2. The van der Waals surface area contributed by atoms with Gasteiger partial charge in [0.25, 0.3) is 5.91 Å². The van der Waals surface area contributed by atoms with Crippen LogP contribution >= 0.6 is 22.7 Å². The number of hydrogen-bond donors (Lipinski definition) is 3. The van der Waals surface area contributed by atoms with Crippen molar-refractivity contribution in [3.63, 3.8) is 0 Å². The summed E-state index contributed by atoms with van der Waals surface area (Å²) >= 11 is 2.78. The molecular weight excluding hydrogens is 398 g/mol. The van der Waals surface area contributed by atoms with Gasteiger partial charge in [0.05, 0.1) is 23.4 Å². The Bertz CT molecular complexity index is 1040. The van der Waals surface area contributed by atoms with Crippen molar-refractivity contribution in [3.05, 3.63) is 55.9 Å². The minimum Gasteiger partial charge on any atom is -0.328 e. The van der Waals surface area contributed by atoms with Gasteiger partial charge in [0.2, 0.25) is 11.5 Å². The number of aromatic nitrogens is 3. The number of hydrogen-bond acceptors (Lipinski definition) is 7. The third kappa shape index (κ3) is 4.34. The van der Waals surface area contributed by atoms with E-state index < -0.39 is 0 Å². The van der Waals surface area contributed by atoms with Crippen LogP contribution in [0.15, 0.2) is 28.5 Å². The molecule has 0 saturated carbocycles. The molecule has 0 unspecified atom stereocenters. The maximum atomic E-state index is 12.3. The van der Waals surface area contributed by atoms with Crippen LogP contribution in [-0.4, -0.2) is 26.8 Å². The van der Waals surface area contributed by atoms with Crippen molar-refractivity contribution in [1.82, 2.24) is 15.0 Å². The van der Waals surface area contributed by atoms with Crippen molar-refractivity contribution in [1.29, 1.82) is 0 Å². The van der Waals surface area contributed by atoms with Crippen LogP contribution in [0.3, 0.4) is 0 Å². The van der Waals surface area contributed by atoms with Gasteiger partial charge in [-0.3, -0.25) is 19.7 Å². The number of nitrogens with zero attached hydrogens (tertiary/aromatic N) is 2. The van der Waals surface area contributed by atoms with Crippen molar-refractivity contribution >= 4 is 44.8 Å². The molecule has 3 heterocycles. The average molecular weight is 416 g/mol. The molecule has 0 bridgehead atoms. The number of anilines is 2. The molecule has 0 radical (unpaired) electrons. The highest BCUT2D eigenvalue weighted by atomic mass is 32.1. The molecule has 28 heavy (non-hydrogen) atoms. The molecule has 0 spiro atoms. The lowest BCUT2D eigenvalue weighted by Gasteiger charge is -2.06. The molecule has 2 amide bonds. The molecule has 8 nitrogen and oxygen atoms in total. The molecule has 3 aromatic heterocycles. The first kappa shape index (κ1) is 18.5. The van der Waals surface area contributed by atoms with Gasteiger partial charge in [-0.15, -0.1) is 22.7 Å². The van der Waals surface area contributed by atoms with Crippen molar-refractivity contribution in [3.8, 4) is 0 Å². The Kier molecular flexibility index (Phi) is 5.31. The third-order valence-electron chi connectivity index (χ3n) is 4.25. The number of fused-ring (bicyclic) bond motifs is 1. The zero-order valence-corrected chi connectivity index (χ0v) is 16.4. The van der Waals surface area contributed by atoms with E-state index >= 15 is 0 Å². The van der Waals surface area contributed by atoms with Crippen LogP contribution in [0.25, 0.3) is 0 Å². The van der Waals surface area contributed by atoms with E-state index in [1.807, 2.05) is 0 Å². The number of aromatic amines is 1. The quantitative estimate of drug-likeness (QED) is 0.592. The number of H-pyrrole nitrogens is 1. The number of thiazole rings is 2. The SMILES string of the molecule is O=C(Cc1csc(NC(=O)c2ccc(=O)[nH]c2)n1)Nc1nc2c(s1)CCCC2. The van der Waals surface area contributed by atoms with Gasteiger partial charge in [0, 0.05) is 22.5 Å². The lowest BCUT2D eigenvalue weighted by Crippen LogP contribution is -2.15. The van der Waals surface area contributed by atoms with Crippen LogP contribution < -0.4 is 16.2 Å². The second-order valence-electron chi connectivity index (χ2n) is 6.36. The van der Waals surface area contributed by atoms with Gasteiger partial charge in [-0.2, -0.15) is 0 Å². The Labute approximate surface area is 168 Å². The minimum atomic E-state index is -0.380. The molecular formula is C18H17N5O3S2. The van der Waals surface area contributed by atoms with E-state index in [1.165, 1.54) is 41.0 Å². The Hall–Kier alpha value is -2.85. The summed E-state index contributed by atoms with van der Waals surface area (Å²) in [6.07, 6.45) is 5.79. The fourth-order valence-electron chi connectivity index (χ4n) is 2.90. The van der Waals surface area contributed by atoms with Crippen LogP contribution in [0.1, 0.15) is 39.5 Å². The van der Waals surface area contributed by atoms with Gasteiger partial charge in [-0.25, -0.2) is 9.97 Å². The van der Waals surface area contributed by atoms with E-state index in [1.54, 1.807) is 16.7 Å². The zero-order chi connectivity index (χ0) is 19.5. The molecule has 0 aliphatic heterocycles. The minimum absolute atomic E-state index is 0.106. The van der Waals surface area contributed by atoms with Gasteiger partial charge in [-0.1, -0.05) is 0 Å². The molecule has 0 saturated heterocycles. The van der Waals surface area contributed by atoms with Gasteiger partial charge in [-0.05, 0) is 31.7 Å². The van der Waals surface area contributed by atoms with E-state index in [0.29, 0.717) is 21.5 Å². The Morgan fingerprint density at radius 3 is 2.75 bits per heavy atom. The highest BCUT2D eigenvalue weighted by molar-refractivity contribution is 7.16. The summed E-state index contributed by atoms with van der Waals surface area (Å²) in [7, 11) is 0. The predicted octanol–water partition coefficient (Wildman–Crippen LogP) is 2.60. The van der Waals surface area contributed by atoms with Crippen molar-refractivity contribution in [2.24, 2.45) is 0 Å². The van der Waals surface area contributed by atoms with Gasteiger partial charge in [0.15, 0.2) is 10.3 Å². The maximum absolute atomic E-state index is 12.3. The topological polar surface area (TPSA) is 117 Å². The summed E-state index contributed by atoms with van der Waals surface area (Å²) in [5.74, 6) is -0.565. The lowest BCUT2D eigenvalue weighted by atomic mass is 10.0. The van der Waals surface area contributed by atoms with E-state index in [9.17, 15) is 14.4 Å². The number of rotatable bonds is 5. The standard InChI is InChI=1S/C18H17N5O3S2/c24-14-6-5-10(8-19-14)16(26)23-17-20-11(9-27-17)7-15(25)22-18-21-12-3-1-2-4-13(12)28-18/h5-6,8-9H,1-4,7H2,(H,19,24)(H,20,23,26)(H,21,22,25). The summed E-state index contributed by atoms with van der Waals surface area (Å²) < 4.78 is 0. The molecule has 4 rings (SSSR count). The molecule has 144 valence electrons. The monoisotopic (exact) mass is 415 g/mol. The molecule has 0 fully saturated rings. The van der Waals surface area contributed by atoms with Crippen molar-refractivity contribution in [2.45, 2.75) is 32.1 Å². The number of aryl methyl sites for hydroxylation is 2. The second kappa shape index (κ2) is 8.03. The smallest absolute Gasteiger partial charge is 0.258 e. The van der Waals surface area contributed by atoms with E-state index in [2.05, 4.69) is 25.6 Å². The normalized spacial score (nSPS) is 13.0. The average Bonchev–Trinajstić information content (AvgIpc) is 3.28. The molecule has 1 aliphatic rings. The molecule has 1 aliphatic carbocycles. The van der Waals surface area contributed by atoms with E-state index in [0.717, 1.165) is 25.0 Å². The highest BCUT2D eigenvalue weighted by Crippen LogP contribution is 2.29. The first-order chi connectivity index (χ1) is 13.6. The summed E-state index contributed by atoms with van der Waals surface area (Å²) in [4.78, 5) is 48.0. The van der Waals surface area contributed by atoms with Crippen molar-refractivity contribution < 1.29 is 9.59 Å². The largest absolute Gasteiger partial charge is 0.328 e. The fourth-order valence-corrected chi connectivity index (χ4v) is 4.67. The Balaban J connectivity index is 1.34. The van der Waals surface area contributed by atoms with Gasteiger partial charge < -0.3 is 10.3 Å². The van der Waals surface area contributed by atoms with Gasteiger partial charge in [0.1, 0.15) is 0 Å². The summed E-state index contributed by atoms with van der Waals surface area (Å²) in [5.41, 5.74) is 1.72. The van der Waals surface area contributed by atoms with Crippen LogP contribution in [0.4, 0.5) is 10.3 Å². The van der Waals surface area contributed by atoms with Crippen LogP contribution in [0.2, 0.25) is 0 Å². The number of carbonyl (C=O) groups excluding carboxylic acids is 2. The van der Waals surface area contributed by atoms with Crippen LogP contribution in [0, 0.1) is 0 Å². The Morgan fingerprint density at radius 2 is 1.96 bits per heavy atom. The van der Waals surface area contributed by atoms with E-state index in [-0.39, 0.29) is 23.8 Å². The van der Waals surface area contributed by atoms with E-state index in [4.69, 9.17) is 0 Å². The molecule has 10 heteroatoms. The number of amides is 2. The van der Waals surface area contributed by atoms with Crippen molar-refractivity contribution in [2.75, 3.05) is 10.6 Å². The van der Waals surface area contributed by atoms with Crippen LogP contribution in [0.5, 0.6) is 0 Å². The first-order valence-corrected chi connectivity index (χ1v) is 10.5. The first-order valence-electron chi connectivity index (χ1n) is 8.80. The molecule has 0 atom stereocenters. The molecule has 3 aromatic rings. The third-order valence-corrected chi connectivity index (χ3v) is 6.13. The summed E-state index contributed by atoms with van der Waals surface area (Å²) in [6, 6.07) is 2.72. The van der Waals surface area contributed by atoms with Gasteiger partial charge >= 0.3 is 0 Å². The molecule has 3 N–H and O–H groups in total. The Morgan fingerprint density at radius 1 is 1.11 bits per heavy atom. The maximum Gasteiger partial charge on any atom is 0.258 e. The van der Waals surface area contributed by atoms with Crippen LogP contribution in [-0.2, 0) is 24.1 Å². The number of pyridine rings is 1. The lowest BCUT2D eigenvalue weighted by molar-refractivity contribution is -0.115. The summed E-state index contributed by atoms with van der Waals surface area (Å²) in [5, 5.41) is 8.26. The highest BCUT2D eigenvalue weighted by Gasteiger charge is 2.17. The fraction of sp³-hybridized carbons (Fsp3) is 0.278. The molecule has 0 aromatic carbocycles. The number of nitrogens with one attached hydrogen (secondary N) is 3. The second-order valence-corrected chi connectivity index (χ2v) is 8.30. The zero-order valence-electron chi connectivity index (χ0n) is 14.8. The predicted molar refractivity (Wildman–Crippen MR) is 108 cm³/mol.